The van der Waals surface area contributed by atoms with Crippen molar-refractivity contribution in [3.8, 4) is 10.8 Å². The fraction of sp³-hybridized carbons (Fsp3) is 0.222. The first-order chi connectivity index (χ1) is 12.2. The monoisotopic (exact) mass is 358 g/mol. The van der Waals surface area contributed by atoms with Gasteiger partial charge in [0.1, 0.15) is 12.1 Å². The first kappa shape index (κ1) is 17.2. The number of guanidine groups is 1. The lowest BCUT2D eigenvalue weighted by molar-refractivity contribution is 0.573. The van der Waals surface area contributed by atoms with Crippen LogP contribution in [-0.2, 0) is 13.0 Å². The van der Waals surface area contributed by atoms with E-state index in [9.17, 15) is 4.39 Å². The minimum atomic E-state index is -0.219. The zero-order valence-corrected chi connectivity index (χ0v) is 14.6. The number of thiophene rings is 1. The minimum absolute atomic E-state index is 0.219. The molecule has 0 aliphatic carbocycles. The molecule has 3 aromatic rings. The molecule has 2 aromatic heterocycles. The van der Waals surface area contributed by atoms with Gasteiger partial charge in [-0.3, -0.25) is 4.99 Å². The maximum absolute atomic E-state index is 12.9. The van der Waals surface area contributed by atoms with E-state index in [0.717, 1.165) is 22.6 Å². The van der Waals surface area contributed by atoms with Gasteiger partial charge in [-0.05, 0) is 35.6 Å². The highest BCUT2D eigenvalue weighted by Gasteiger charge is 2.08. The minimum Gasteiger partial charge on any atom is -0.443 e. The molecule has 5 nitrogen and oxygen atoms in total. The average Bonchev–Trinajstić information content (AvgIpc) is 3.31. The third-order valence-electron chi connectivity index (χ3n) is 3.56. The maximum Gasteiger partial charge on any atom is 0.236 e. The Morgan fingerprint density at radius 3 is 2.80 bits per heavy atom. The second kappa shape index (κ2) is 8.43. The molecule has 0 aliphatic heterocycles. The van der Waals surface area contributed by atoms with Crippen molar-refractivity contribution < 1.29 is 8.81 Å². The number of aliphatic imine (C=N–C) groups is 1. The lowest BCUT2D eigenvalue weighted by atomic mass is 10.1. The van der Waals surface area contributed by atoms with Gasteiger partial charge >= 0.3 is 0 Å². The van der Waals surface area contributed by atoms with Gasteiger partial charge in [0.15, 0.2) is 5.96 Å². The van der Waals surface area contributed by atoms with Crippen molar-refractivity contribution in [3.05, 3.63) is 65.1 Å². The van der Waals surface area contributed by atoms with Crippen molar-refractivity contribution in [2.45, 2.75) is 13.0 Å². The Kier molecular flexibility index (Phi) is 5.79. The number of rotatable bonds is 6. The van der Waals surface area contributed by atoms with Crippen molar-refractivity contribution in [3.63, 3.8) is 0 Å². The summed E-state index contributed by atoms with van der Waals surface area (Å²) in [6.07, 6.45) is 2.43. The second-order valence-corrected chi connectivity index (χ2v) is 6.30. The van der Waals surface area contributed by atoms with E-state index in [1.165, 1.54) is 12.1 Å². The molecule has 0 bridgehead atoms. The number of oxazole rings is 1. The number of hydrogen-bond acceptors (Lipinski definition) is 4. The Bertz CT molecular complexity index is 812. The smallest absolute Gasteiger partial charge is 0.236 e. The summed E-state index contributed by atoms with van der Waals surface area (Å²) in [4.78, 5) is 9.65. The molecule has 25 heavy (non-hydrogen) atoms. The van der Waals surface area contributed by atoms with Crippen LogP contribution in [0.5, 0.6) is 0 Å². The summed E-state index contributed by atoms with van der Waals surface area (Å²) < 4.78 is 18.4. The highest BCUT2D eigenvalue weighted by atomic mass is 32.1. The van der Waals surface area contributed by atoms with Gasteiger partial charge in [0.05, 0.1) is 17.1 Å². The summed E-state index contributed by atoms with van der Waals surface area (Å²) in [5, 5.41) is 8.42. The summed E-state index contributed by atoms with van der Waals surface area (Å²) in [5.74, 6) is 1.09. The first-order valence-corrected chi connectivity index (χ1v) is 8.80. The molecule has 2 heterocycles. The predicted octanol–water partition coefficient (Wildman–Crippen LogP) is 3.45. The zero-order chi connectivity index (χ0) is 17.5. The molecular weight excluding hydrogens is 339 g/mol. The molecule has 0 saturated heterocycles. The van der Waals surface area contributed by atoms with Crippen molar-refractivity contribution >= 4 is 17.3 Å². The molecule has 7 heteroatoms. The van der Waals surface area contributed by atoms with Crippen LogP contribution in [0.25, 0.3) is 10.8 Å². The van der Waals surface area contributed by atoms with Crippen molar-refractivity contribution in [2.24, 2.45) is 4.99 Å². The van der Waals surface area contributed by atoms with Crippen LogP contribution in [0.1, 0.15) is 11.3 Å². The molecule has 0 atom stereocenters. The van der Waals surface area contributed by atoms with Gasteiger partial charge in [0, 0.05) is 13.6 Å². The van der Waals surface area contributed by atoms with Crippen LogP contribution in [-0.4, -0.2) is 24.5 Å². The molecule has 0 amide bonds. The topological polar surface area (TPSA) is 62.5 Å². The Morgan fingerprint density at radius 1 is 1.24 bits per heavy atom. The molecule has 0 saturated carbocycles. The van der Waals surface area contributed by atoms with E-state index in [0.29, 0.717) is 24.9 Å². The molecule has 0 radical (unpaired) electrons. The fourth-order valence-corrected chi connectivity index (χ4v) is 2.93. The summed E-state index contributed by atoms with van der Waals surface area (Å²) in [5.41, 5.74) is 1.88. The Morgan fingerprint density at radius 2 is 2.08 bits per heavy atom. The summed E-state index contributed by atoms with van der Waals surface area (Å²) in [7, 11) is 1.72. The number of aromatic nitrogens is 1. The molecule has 2 N–H and O–H groups in total. The molecule has 130 valence electrons. The predicted molar refractivity (Wildman–Crippen MR) is 98.1 cm³/mol. The van der Waals surface area contributed by atoms with Gasteiger partial charge in [-0.1, -0.05) is 18.2 Å². The molecule has 1 aromatic carbocycles. The fourth-order valence-electron chi connectivity index (χ4n) is 2.27. The largest absolute Gasteiger partial charge is 0.443 e. The second-order valence-electron chi connectivity index (χ2n) is 5.35. The normalized spacial score (nSPS) is 11.5. The van der Waals surface area contributed by atoms with Crippen LogP contribution < -0.4 is 10.6 Å². The third-order valence-corrected chi connectivity index (χ3v) is 4.42. The third kappa shape index (κ3) is 4.90. The van der Waals surface area contributed by atoms with Gasteiger partial charge in [0.2, 0.25) is 5.89 Å². The van der Waals surface area contributed by atoms with Crippen molar-refractivity contribution in [1.29, 1.82) is 0 Å². The molecule has 3 rings (SSSR count). The van der Waals surface area contributed by atoms with E-state index >= 15 is 0 Å². The van der Waals surface area contributed by atoms with E-state index in [4.69, 9.17) is 4.42 Å². The maximum atomic E-state index is 12.9. The summed E-state index contributed by atoms with van der Waals surface area (Å²) >= 11 is 1.59. The van der Waals surface area contributed by atoms with Crippen molar-refractivity contribution in [1.82, 2.24) is 15.6 Å². The first-order valence-electron chi connectivity index (χ1n) is 7.92. The highest BCUT2D eigenvalue weighted by molar-refractivity contribution is 7.13. The lowest BCUT2D eigenvalue weighted by Crippen LogP contribution is -2.37. The Hall–Kier alpha value is -2.67. The summed E-state index contributed by atoms with van der Waals surface area (Å²) in [6.45, 7) is 1.22. The summed E-state index contributed by atoms with van der Waals surface area (Å²) in [6, 6.07) is 10.5. The van der Waals surface area contributed by atoms with Crippen LogP contribution >= 0.6 is 11.3 Å². The number of benzene rings is 1. The Labute approximate surface area is 149 Å². The quantitative estimate of drug-likeness (QED) is 0.523. The van der Waals surface area contributed by atoms with E-state index < -0.39 is 0 Å². The van der Waals surface area contributed by atoms with Gasteiger partial charge in [-0.15, -0.1) is 11.3 Å². The lowest BCUT2D eigenvalue weighted by Gasteiger charge is -2.10. The van der Waals surface area contributed by atoms with Crippen LogP contribution in [0.3, 0.4) is 0 Å². The number of hydrogen-bond donors (Lipinski definition) is 2. The Balaban J connectivity index is 1.45. The van der Waals surface area contributed by atoms with Crippen LogP contribution in [0, 0.1) is 5.82 Å². The van der Waals surface area contributed by atoms with Gasteiger partial charge in [-0.25, -0.2) is 9.37 Å². The van der Waals surface area contributed by atoms with Crippen molar-refractivity contribution in [2.75, 3.05) is 13.6 Å². The number of halogens is 1. The number of nitrogens with one attached hydrogen (secondary N) is 2. The molecule has 0 unspecified atom stereocenters. The van der Waals surface area contributed by atoms with E-state index in [1.54, 1.807) is 36.8 Å². The number of nitrogens with zero attached hydrogens (tertiary/aromatic N) is 2. The van der Waals surface area contributed by atoms with E-state index in [-0.39, 0.29) is 5.82 Å². The van der Waals surface area contributed by atoms with Gasteiger partial charge in [-0.2, -0.15) is 0 Å². The van der Waals surface area contributed by atoms with Crippen LogP contribution in [0.2, 0.25) is 0 Å². The molecule has 0 fully saturated rings. The van der Waals surface area contributed by atoms with E-state index in [2.05, 4.69) is 20.6 Å². The van der Waals surface area contributed by atoms with Gasteiger partial charge < -0.3 is 15.1 Å². The highest BCUT2D eigenvalue weighted by Crippen LogP contribution is 2.23. The zero-order valence-electron chi connectivity index (χ0n) is 13.8. The molecular formula is C18H19FN4OS. The average molecular weight is 358 g/mol. The molecule has 0 spiro atoms. The van der Waals surface area contributed by atoms with Crippen LogP contribution in [0.15, 0.2) is 57.5 Å². The van der Waals surface area contributed by atoms with Crippen LogP contribution in [0.4, 0.5) is 4.39 Å². The van der Waals surface area contributed by atoms with Gasteiger partial charge in [0.25, 0.3) is 0 Å². The molecule has 0 aliphatic rings. The SMILES string of the molecule is CN=C(NCCc1ccc(F)cc1)NCc1coc(-c2cccs2)n1. The standard InChI is InChI=1S/C18H19FN4OS/c1-20-18(21-9-8-13-4-6-14(19)7-5-13)22-11-15-12-24-17(23-15)16-3-2-10-25-16/h2-7,10,12H,8-9,11H2,1H3,(H2,20,21,22). The van der Waals surface area contributed by atoms with E-state index in [1.807, 2.05) is 17.5 Å².